The van der Waals surface area contributed by atoms with Crippen LogP contribution in [-0.2, 0) is 4.79 Å². The summed E-state index contributed by atoms with van der Waals surface area (Å²) in [7, 11) is 1.80. The zero-order valence-corrected chi connectivity index (χ0v) is 10.8. The van der Waals surface area contributed by atoms with Crippen LogP contribution in [0.25, 0.3) is 0 Å². The van der Waals surface area contributed by atoms with Crippen LogP contribution in [0.4, 0.5) is 0 Å². The number of nitrogens with zero attached hydrogens (tertiary/aromatic N) is 1. The first-order valence-electron chi connectivity index (χ1n) is 6.16. The first kappa shape index (κ1) is 15.4. The zero-order chi connectivity index (χ0) is 12.6. The Morgan fingerprint density at radius 3 is 2.50 bits per heavy atom. The molecule has 0 heterocycles. The van der Waals surface area contributed by atoms with Gasteiger partial charge in [0.2, 0.25) is 5.91 Å². The van der Waals surface area contributed by atoms with Crippen molar-refractivity contribution in [1.29, 1.82) is 0 Å². The molecule has 96 valence electrons. The van der Waals surface area contributed by atoms with Gasteiger partial charge >= 0.3 is 0 Å². The van der Waals surface area contributed by atoms with Crippen LogP contribution in [0.3, 0.4) is 0 Å². The maximum Gasteiger partial charge on any atom is 0.239 e. The normalized spacial score (nSPS) is 14.6. The van der Waals surface area contributed by atoms with Gasteiger partial charge in [-0.25, -0.2) is 0 Å². The molecule has 1 amide bonds. The van der Waals surface area contributed by atoms with Crippen LogP contribution in [-0.4, -0.2) is 42.2 Å². The summed E-state index contributed by atoms with van der Waals surface area (Å²) in [4.78, 5) is 13.6. The van der Waals surface area contributed by atoms with Crippen molar-refractivity contribution in [2.24, 2.45) is 11.7 Å². The van der Waals surface area contributed by atoms with E-state index in [1.54, 1.807) is 11.9 Å². The molecule has 3 N–H and O–H groups in total. The lowest BCUT2D eigenvalue weighted by molar-refractivity contribution is -0.132. The van der Waals surface area contributed by atoms with E-state index in [-0.39, 0.29) is 24.5 Å². The zero-order valence-electron chi connectivity index (χ0n) is 10.8. The lowest BCUT2D eigenvalue weighted by Gasteiger charge is -2.24. The second-order valence-electron chi connectivity index (χ2n) is 4.46. The summed E-state index contributed by atoms with van der Waals surface area (Å²) in [6.45, 7) is 4.99. The van der Waals surface area contributed by atoms with E-state index in [2.05, 4.69) is 0 Å². The van der Waals surface area contributed by atoms with Crippen molar-refractivity contribution in [1.82, 2.24) is 4.90 Å². The summed E-state index contributed by atoms with van der Waals surface area (Å²) < 4.78 is 0. The summed E-state index contributed by atoms with van der Waals surface area (Å²) in [6, 6.07) is -0.382. The van der Waals surface area contributed by atoms with Crippen LogP contribution in [0.1, 0.15) is 39.5 Å². The van der Waals surface area contributed by atoms with Crippen molar-refractivity contribution in [2.75, 3.05) is 20.2 Å². The summed E-state index contributed by atoms with van der Waals surface area (Å²) in [5, 5.41) is 8.63. The SMILES string of the molecule is CCC(C)[C@H](N)C(=O)N(C)CCCCCO. The highest BCUT2D eigenvalue weighted by Crippen LogP contribution is 2.08. The third-order valence-electron chi connectivity index (χ3n) is 3.07. The Labute approximate surface area is 98.8 Å². The lowest BCUT2D eigenvalue weighted by atomic mass is 9.99. The van der Waals surface area contributed by atoms with Crippen molar-refractivity contribution in [3.8, 4) is 0 Å². The van der Waals surface area contributed by atoms with Crippen LogP contribution in [0.5, 0.6) is 0 Å². The van der Waals surface area contributed by atoms with E-state index in [0.717, 1.165) is 32.2 Å². The topological polar surface area (TPSA) is 66.6 Å². The van der Waals surface area contributed by atoms with Gasteiger partial charge in [-0.15, -0.1) is 0 Å². The monoisotopic (exact) mass is 230 g/mol. The van der Waals surface area contributed by atoms with Crippen LogP contribution in [0, 0.1) is 5.92 Å². The molecule has 0 aliphatic carbocycles. The van der Waals surface area contributed by atoms with Gasteiger partial charge < -0.3 is 15.7 Å². The van der Waals surface area contributed by atoms with Gasteiger partial charge in [0.25, 0.3) is 0 Å². The Morgan fingerprint density at radius 1 is 1.38 bits per heavy atom. The Kier molecular flexibility index (Phi) is 8.21. The average molecular weight is 230 g/mol. The Hall–Kier alpha value is -0.610. The molecule has 0 rings (SSSR count). The number of likely N-dealkylation sites (N-methyl/N-ethyl adjacent to an activating group) is 1. The molecule has 0 fully saturated rings. The number of unbranched alkanes of at least 4 members (excludes halogenated alkanes) is 2. The van der Waals surface area contributed by atoms with Gasteiger partial charge in [-0.05, 0) is 25.2 Å². The molecule has 2 atom stereocenters. The molecule has 0 saturated heterocycles. The first-order valence-corrected chi connectivity index (χ1v) is 6.16. The Bertz CT molecular complexity index is 197. The molecule has 0 bridgehead atoms. The van der Waals surface area contributed by atoms with E-state index in [0.29, 0.717) is 0 Å². The molecule has 0 aliphatic heterocycles. The molecular weight excluding hydrogens is 204 g/mol. The van der Waals surface area contributed by atoms with Gasteiger partial charge in [0.05, 0.1) is 6.04 Å². The van der Waals surface area contributed by atoms with Gasteiger partial charge in [-0.2, -0.15) is 0 Å². The molecule has 0 radical (unpaired) electrons. The standard InChI is InChI=1S/C12H26N2O2/c1-4-10(2)11(13)12(16)14(3)8-6-5-7-9-15/h10-11,15H,4-9,13H2,1-3H3/t10?,11-/m0/s1. The fraction of sp³-hybridized carbons (Fsp3) is 0.917. The summed E-state index contributed by atoms with van der Waals surface area (Å²) in [6.07, 6.45) is 3.60. The van der Waals surface area contributed by atoms with Crippen LogP contribution < -0.4 is 5.73 Å². The molecule has 0 saturated carbocycles. The summed E-state index contributed by atoms with van der Waals surface area (Å²) >= 11 is 0. The molecule has 1 unspecified atom stereocenters. The maximum absolute atomic E-state index is 11.9. The van der Waals surface area contributed by atoms with Gasteiger partial charge in [0.1, 0.15) is 0 Å². The number of aliphatic hydroxyl groups is 1. The largest absolute Gasteiger partial charge is 0.396 e. The number of hydrogen-bond donors (Lipinski definition) is 2. The van der Waals surface area contributed by atoms with Crippen LogP contribution in [0.2, 0.25) is 0 Å². The molecule has 4 heteroatoms. The molecular formula is C12H26N2O2. The van der Waals surface area contributed by atoms with Crippen molar-refractivity contribution >= 4 is 5.91 Å². The van der Waals surface area contributed by atoms with Crippen molar-refractivity contribution in [2.45, 2.75) is 45.6 Å². The number of carbonyl (C=O) groups is 1. The Morgan fingerprint density at radius 2 is 2.00 bits per heavy atom. The molecule has 0 aliphatic rings. The number of hydrogen-bond acceptors (Lipinski definition) is 3. The molecule has 16 heavy (non-hydrogen) atoms. The smallest absolute Gasteiger partial charge is 0.239 e. The predicted molar refractivity (Wildman–Crippen MR) is 66.0 cm³/mol. The molecule has 0 aromatic rings. The molecule has 4 nitrogen and oxygen atoms in total. The Balaban J connectivity index is 3.88. The van der Waals surface area contributed by atoms with E-state index >= 15 is 0 Å². The van der Waals surface area contributed by atoms with E-state index in [4.69, 9.17) is 10.8 Å². The maximum atomic E-state index is 11.9. The molecule has 0 spiro atoms. The minimum atomic E-state index is -0.382. The highest BCUT2D eigenvalue weighted by atomic mass is 16.2. The van der Waals surface area contributed by atoms with E-state index in [9.17, 15) is 4.79 Å². The number of carbonyl (C=O) groups excluding carboxylic acids is 1. The van der Waals surface area contributed by atoms with Crippen LogP contribution in [0.15, 0.2) is 0 Å². The van der Waals surface area contributed by atoms with Gasteiger partial charge in [-0.1, -0.05) is 20.3 Å². The van der Waals surface area contributed by atoms with Crippen LogP contribution >= 0.6 is 0 Å². The minimum absolute atomic E-state index is 0.0262. The predicted octanol–water partition coefficient (Wildman–Crippen LogP) is 0.981. The quantitative estimate of drug-likeness (QED) is 0.611. The fourth-order valence-corrected chi connectivity index (χ4v) is 1.50. The second-order valence-corrected chi connectivity index (χ2v) is 4.46. The minimum Gasteiger partial charge on any atom is -0.396 e. The number of nitrogens with two attached hydrogens (primary N) is 1. The van der Waals surface area contributed by atoms with Crippen molar-refractivity contribution in [3.05, 3.63) is 0 Å². The summed E-state index contributed by atoms with van der Waals surface area (Å²) in [5.41, 5.74) is 5.87. The van der Waals surface area contributed by atoms with Crippen molar-refractivity contribution < 1.29 is 9.90 Å². The molecule has 0 aromatic carbocycles. The van der Waals surface area contributed by atoms with E-state index < -0.39 is 0 Å². The van der Waals surface area contributed by atoms with E-state index in [1.807, 2.05) is 13.8 Å². The number of amides is 1. The van der Waals surface area contributed by atoms with Gasteiger partial charge in [-0.3, -0.25) is 4.79 Å². The van der Waals surface area contributed by atoms with Gasteiger partial charge in [0.15, 0.2) is 0 Å². The lowest BCUT2D eigenvalue weighted by Crippen LogP contribution is -2.45. The first-order chi connectivity index (χ1) is 7.54. The second kappa shape index (κ2) is 8.53. The van der Waals surface area contributed by atoms with Gasteiger partial charge in [0, 0.05) is 20.2 Å². The molecule has 0 aromatic heterocycles. The highest BCUT2D eigenvalue weighted by Gasteiger charge is 2.22. The van der Waals surface area contributed by atoms with Crippen molar-refractivity contribution in [3.63, 3.8) is 0 Å². The summed E-state index contributed by atoms with van der Waals surface area (Å²) in [5.74, 6) is 0.255. The average Bonchev–Trinajstić information content (AvgIpc) is 2.31. The number of rotatable bonds is 8. The number of aliphatic hydroxyl groups excluding tert-OH is 1. The highest BCUT2D eigenvalue weighted by molar-refractivity contribution is 5.81. The third-order valence-corrected chi connectivity index (χ3v) is 3.07. The van der Waals surface area contributed by atoms with E-state index in [1.165, 1.54) is 0 Å². The fourth-order valence-electron chi connectivity index (χ4n) is 1.50. The third kappa shape index (κ3) is 5.47.